The molecular weight excluding hydrogens is 760 g/mol. The number of hydrogen-bond acceptors (Lipinski definition) is 8. The molecule has 0 spiro atoms. The molecule has 244 valence electrons. The topological polar surface area (TPSA) is 88.4 Å². The van der Waals surface area contributed by atoms with Crippen LogP contribution in [0.15, 0.2) is 115 Å². The van der Waals surface area contributed by atoms with Gasteiger partial charge >= 0.3 is 5.97 Å². The van der Waals surface area contributed by atoms with E-state index < -0.39 is 12.0 Å². The van der Waals surface area contributed by atoms with Crippen molar-refractivity contribution in [3.63, 3.8) is 0 Å². The van der Waals surface area contributed by atoms with E-state index in [0.29, 0.717) is 44.4 Å². The van der Waals surface area contributed by atoms with Gasteiger partial charge in [0.15, 0.2) is 16.3 Å². The number of carbonyl (C=O) groups excluding carboxylic acids is 1. The number of methoxy groups -OCH3 is 2. The minimum absolute atomic E-state index is 0.158. The minimum atomic E-state index is -0.849. The number of rotatable bonds is 10. The van der Waals surface area contributed by atoms with Crippen LogP contribution in [0.25, 0.3) is 11.8 Å². The second-order valence-corrected chi connectivity index (χ2v) is 13.4. The molecule has 4 aromatic carbocycles. The first-order chi connectivity index (χ1) is 23.3. The molecule has 0 saturated carbocycles. The number of thiazole rings is 1. The Balaban J connectivity index is 1.48. The van der Waals surface area contributed by atoms with E-state index in [9.17, 15) is 9.59 Å². The van der Waals surface area contributed by atoms with Gasteiger partial charge in [-0.2, -0.15) is 0 Å². The molecule has 2 heterocycles. The molecule has 0 radical (unpaired) electrons. The largest absolute Gasteiger partial charge is 0.493 e. The molecule has 1 aromatic heterocycles. The van der Waals surface area contributed by atoms with Crippen molar-refractivity contribution in [2.45, 2.75) is 19.6 Å². The molecule has 0 fully saturated rings. The highest BCUT2D eigenvalue weighted by atomic mass is 79.9. The van der Waals surface area contributed by atoms with Crippen molar-refractivity contribution in [3.05, 3.63) is 147 Å². The Labute approximate surface area is 297 Å². The van der Waals surface area contributed by atoms with Crippen molar-refractivity contribution in [2.75, 3.05) is 20.8 Å². The van der Waals surface area contributed by atoms with Gasteiger partial charge in [-0.25, -0.2) is 9.79 Å². The quantitative estimate of drug-likeness (QED) is 0.141. The van der Waals surface area contributed by atoms with Crippen molar-refractivity contribution < 1.29 is 23.7 Å². The van der Waals surface area contributed by atoms with Crippen molar-refractivity contribution in [2.24, 2.45) is 4.99 Å². The average Bonchev–Trinajstić information content (AvgIpc) is 3.41. The van der Waals surface area contributed by atoms with Gasteiger partial charge in [-0.1, -0.05) is 81.9 Å². The van der Waals surface area contributed by atoms with Gasteiger partial charge in [0.05, 0.1) is 47.1 Å². The summed E-state index contributed by atoms with van der Waals surface area (Å²) >= 11 is 8.33. The van der Waals surface area contributed by atoms with E-state index in [2.05, 4.69) is 31.9 Å². The number of nitrogens with zero attached hydrogens (tertiary/aromatic N) is 2. The van der Waals surface area contributed by atoms with Crippen LogP contribution in [0.5, 0.6) is 17.2 Å². The first-order valence-electron chi connectivity index (χ1n) is 15.0. The predicted molar refractivity (Wildman–Crippen MR) is 193 cm³/mol. The second kappa shape index (κ2) is 14.8. The summed E-state index contributed by atoms with van der Waals surface area (Å²) in [4.78, 5) is 33.4. The van der Waals surface area contributed by atoms with Crippen LogP contribution < -0.4 is 29.1 Å². The summed E-state index contributed by atoms with van der Waals surface area (Å²) in [5.41, 5.74) is 3.60. The number of aromatic nitrogens is 1. The van der Waals surface area contributed by atoms with Gasteiger partial charge in [-0.15, -0.1) is 0 Å². The highest BCUT2D eigenvalue weighted by Gasteiger charge is 2.35. The Bertz CT molecular complexity index is 2190. The zero-order chi connectivity index (χ0) is 33.8. The first-order valence-corrected chi connectivity index (χ1v) is 17.4. The number of fused-ring (bicyclic) bond motifs is 1. The Kier molecular flexibility index (Phi) is 10.3. The maximum Gasteiger partial charge on any atom is 0.338 e. The van der Waals surface area contributed by atoms with Gasteiger partial charge in [-0.3, -0.25) is 9.36 Å². The van der Waals surface area contributed by atoms with Crippen molar-refractivity contribution >= 4 is 60.9 Å². The summed E-state index contributed by atoms with van der Waals surface area (Å²) in [6.45, 7) is 2.31. The van der Waals surface area contributed by atoms with Gasteiger partial charge in [0, 0.05) is 10.0 Å². The van der Waals surface area contributed by atoms with Gasteiger partial charge in [-0.05, 0) is 82.0 Å². The standard InChI is InChI=1S/C37H30Br2N2O6S/c1-4-46-36(43)32-33(24-8-6-5-7-9-24)40-37-41(34(32)25-13-17-29(44-2)30(20-25)45-3)35(42)31(48-37)19-23-12-16-28(27(39)18-23)47-21-22-10-14-26(38)15-11-22/h5-20,34H,4,21H2,1-3H3/b31-19-/t34-/m0/s1. The Hall–Kier alpha value is -4.45. The number of hydrogen-bond donors (Lipinski definition) is 0. The first kappa shape index (κ1) is 33.5. The third kappa shape index (κ3) is 6.89. The van der Waals surface area contributed by atoms with E-state index in [1.807, 2.05) is 84.9 Å². The van der Waals surface area contributed by atoms with Crippen molar-refractivity contribution in [3.8, 4) is 17.2 Å². The van der Waals surface area contributed by atoms with Crippen LogP contribution >= 0.6 is 43.2 Å². The lowest BCUT2D eigenvalue weighted by atomic mass is 9.93. The Morgan fingerprint density at radius 2 is 1.65 bits per heavy atom. The zero-order valence-electron chi connectivity index (χ0n) is 26.2. The van der Waals surface area contributed by atoms with Gasteiger partial charge in [0.25, 0.3) is 5.56 Å². The average molecular weight is 791 g/mol. The summed E-state index contributed by atoms with van der Waals surface area (Å²) in [5, 5.41) is 0. The molecule has 0 saturated heterocycles. The van der Waals surface area contributed by atoms with Crippen LogP contribution in [0.1, 0.15) is 35.2 Å². The van der Waals surface area contributed by atoms with Crippen LogP contribution in [0.3, 0.4) is 0 Å². The molecule has 8 nitrogen and oxygen atoms in total. The molecule has 48 heavy (non-hydrogen) atoms. The minimum Gasteiger partial charge on any atom is -0.493 e. The molecule has 0 bridgehead atoms. The fourth-order valence-electron chi connectivity index (χ4n) is 5.40. The van der Waals surface area contributed by atoms with Crippen LogP contribution in [-0.4, -0.2) is 31.4 Å². The maximum atomic E-state index is 14.3. The molecule has 0 aliphatic carbocycles. The fourth-order valence-corrected chi connectivity index (χ4v) is 7.17. The number of halogens is 2. The third-order valence-corrected chi connectivity index (χ3v) is 9.79. The molecule has 0 amide bonds. The van der Waals surface area contributed by atoms with Crippen molar-refractivity contribution in [1.29, 1.82) is 0 Å². The lowest BCUT2D eigenvalue weighted by molar-refractivity contribution is -0.138. The summed E-state index contributed by atoms with van der Waals surface area (Å²) in [6.07, 6.45) is 1.81. The third-order valence-electron chi connectivity index (χ3n) is 7.66. The van der Waals surface area contributed by atoms with E-state index in [-0.39, 0.29) is 17.7 Å². The Morgan fingerprint density at radius 1 is 0.917 bits per heavy atom. The van der Waals surface area contributed by atoms with E-state index in [1.165, 1.54) is 11.3 Å². The molecule has 0 N–H and O–H groups in total. The summed E-state index contributed by atoms with van der Waals surface area (Å²) in [5.74, 6) is 1.10. The van der Waals surface area contributed by atoms with Crippen LogP contribution in [0, 0.1) is 0 Å². The van der Waals surface area contributed by atoms with Gasteiger partial charge in [0.2, 0.25) is 0 Å². The van der Waals surface area contributed by atoms with E-state index in [1.54, 1.807) is 37.8 Å². The molecule has 6 rings (SSSR count). The SMILES string of the molecule is CCOC(=O)C1=C(c2ccccc2)N=c2s/c(=C\c3ccc(OCc4ccc(Br)cc4)c(Br)c3)c(=O)n2[C@H]1c1ccc(OC)c(OC)c1. The highest BCUT2D eigenvalue weighted by Crippen LogP contribution is 2.38. The second-order valence-electron chi connectivity index (χ2n) is 10.7. The molecule has 0 unspecified atom stereocenters. The number of esters is 1. The number of ether oxygens (including phenoxy) is 4. The van der Waals surface area contributed by atoms with E-state index >= 15 is 0 Å². The van der Waals surface area contributed by atoms with Gasteiger partial charge in [0.1, 0.15) is 12.4 Å². The monoisotopic (exact) mass is 788 g/mol. The Morgan fingerprint density at radius 3 is 2.33 bits per heavy atom. The highest BCUT2D eigenvalue weighted by molar-refractivity contribution is 9.10. The normalized spacial score (nSPS) is 14.3. The van der Waals surface area contributed by atoms with Gasteiger partial charge < -0.3 is 18.9 Å². The molecule has 11 heteroatoms. The lowest BCUT2D eigenvalue weighted by Crippen LogP contribution is -2.40. The van der Waals surface area contributed by atoms with E-state index in [4.69, 9.17) is 23.9 Å². The molecular formula is C37H30Br2N2O6S. The zero-order valence-corrected chi connectivity index (χ0v) is 30.2. The van der Waals surface area contributed by atoms with Crippen LogP contribution in [0.2, 0.25) is 0 Å². The summed E-state index contributed by atoms with van der Waals surface area (Å²) in [6, 6.07) is 27.5. The lowest BCUT2D eigenvalue weighted by Gasteiger charge is -2.26. The number of benzene rings is 4. The summed E-state index contributed by atoms with van der Waals surface area (Å²) in [7, 11) is 3.09. The summed E-state index contributed by atoms with van der Waals surface area (Å²) < 4.78 is 26.5. The number of carbonyl (C=O) groups is 1. The molecule has 1 atom stereocenters. The fraction of sp³-hybridized carbons (Fsp3) is 0.162. The smallest absolute Gasteiger partial charge is 0.338 e. The molecule has 1 aliphatic heterocycles. The molecule has 1 aliphatic rings. The van der Waals surface area contributed by atoms with E-state index in [0.717, 1.165) is 25.6 Å². The van der Waals surface area contributed by atoms with Crippen molar-refractivity contribution in [1.82, 2.24) is 4.57 Å². The van der Waals surface area contributed by atoms with Crippen LogP contribution in [-0.2, 0) is 16.1 Å². The predicted octanol–water partition coefficient (Wildman–Crippen LogP) is 7.06. The maximum absolute atomic E-state index is 14.3. The molecule has 5 aromatic rings. The van der Waals surface area contributed by atoms with Crippen LogP contribution in [0.4, 0.5) is 0 Å².